The zero-order chi connectivity index (χ0) is 12.1. The van der Waals surface area contributed by atoms with Gasteiger partial charge in [-0.1, -0.05) is 31.0 Å². The van der Waals surface area contributed by atoms with E-state index >= 15 is 0 Å². The van der Waals surface area contributed by atoms with Crippen LogP contribution in [0.1, 0.15) is 25.3 Å². The molecule has 0 bridgehead atoms. The molecule has 1 aliphatic heterocycles. The molecule has 0 unspecified atom stereocenters. The number of benzene rings is 1. The first-order valence-electron chi connectivity index (χ1n) is 6.40. The van der Waals surface area contributed by atoms with E-state index in [9.17, 15) is 4.39 Å². The lowest BCUT2D eigenvalue weighted by molar-refractivity contribution is 0.290. The van der Waals surface area contributed by atoms with Gasteiger partial charge in [-0.05, 0) is 42.9 Å². The molecule has 0 atom stereocenters. The van der Waals surface area contributed by atoms with Crippen molar-refractivity contribution in [3.8, 4) is 0 Å². The first kappa shape index (κ1) is 12.9. The summed E-state index contributed by atoms with van der Waals surface area (Å²) >= 11 is 1.95. The summed E-state index contributed by atoms with van der Waals surface area (Å²) < 4.78 is 15.3. The largest absolute Gasteiger partial charge is 0.251 e. The van der Waals surface area contributed by atoms with Crippen molar-refractivity contribution in [3.05, 3.63) is 35.6 Å². The van der Waals surface area contributed by atoms with Gasteiger partial charge in [-0.3, -0.25) is 4.31 Å². The average Bonchev–Trinajstić information content (AvgIpc) is 2.35. The molecule has 3 heteroatoms. The molecule has 94 valence electrons. The second kappa shape index (κ2) is 6.41. The van der Waals surface area contributed by atoms with Gasteiger partial charge in [0.15, 0.2) is 0 Å². The molecule has 2 rings (SSSR count). The summed E-state index contributed by atoms with van der Waals surface area (Å²) in [5, 5.41) is 0. The zero-order valence-electron chi connectivity index (χ0n) is 10.4. The Labute approximate surface area is 108 Å². The molecule has 1 heterocycles. The molecule has 0 spiro atoms. The van der Waals surface area contributed by atoms with Gasteiger partial charge in [0.1, 0.15) is 5.82 Å². The molecule has 0 amide bonds. The average molecular weight is 253 g/mol. The number of piperidine rings is 1. The van der Waals surface area contributed by atoms with Gasteiger partial charge in [0, 0.05) is 18.8 Å². The highest BCUT2D eigenvalue weighted by Crippen LogP contribution is 2.25. The molecule has 0 N–H and O–H groups in total. The Bertz CT molecular complexity index is 331. The minimum atomic E-state index is -0.136. The first-order valence-corrected chi connectivity index (χ1v) is 7.34. The Morgan fingerprint density at radius 2 is 1.88 bits per heavy atom. The lowest BCUT2D eigenvalue weighted by atomic mass is 9.91. The van der Waals surface area contributed by atoms with Crippen molar-refractivity contribution < 1.29 is 4.39 Å². The van der Waals surface area contributed by atoms with E-state index in [0.717, 1.165) is 12.3 Å². The number of nitrogens with zero attached hydrogens (tertiary/aromatic N) is 1. The summed E-state index contributed by atoms with van der Waals surface area (Å²) in [5.41, 5.74) is 1.27. The van der Waals surface area contributed by atoms with Gasteiger partial charge in [-0.25, -0.2) is 4.39 Å². The normalized spacial score (nSPS) is 18.5. The summed E-state index contributed by atoms with van der Waals surface area (Å²) in [7, 11) is 0. The van der Waals surface area contributed by atoms with Crippen LogP contribution in [0.3, 0.4) is 0 Å². The van der Waals surface area contributed by atoms with Gasteiger partial charge in [0.2, 0.25) is 0 Å². The quantitative estimate of drug-likeness (QED) is 0.752. The Kier molecular flexibility index (Phi) is 4.86. The summed E-state index contributed by atoms with van der Waals surface area (Å²) in [6, 6.07) is 6.97. The Hall–Kier alpha value is -0.540. The molecule has 0 radical (unpaired) electrons. The molecule has 0 saturated carbocycles. The second-order valence-electron chi connectivity index (χ2n) is 4.62. The van der Waals surface area contributed by atoms with Crippen LogP contribution in [0.4, 0.5) is 4.39 Å². The van der Waals surface area contributed by atoms with Gasteiger partial charge in [-0.15, -0.1) is 0 Å². The molecular formula is C14H20FNS. The van der Waals surface area contributed by atoms with E-state index in [-0.39, 0.29) is 5.82 Å². The number of rotatable bonds is 4. The van der Waals surface area contributed by atoms with Crippen LogP contribution in [0.15, 0.2) is 24.3 Å². The van der Waals surface area contributed by atoms with Gasteiger partial charge in [0.05, 0.1) is 0 Å². The second-order valence-corrected chi connectivity index (χ2v) is 5.97. The minimum Gasteiger partial charge on any atom is -0.251 e. The highest BCUT2D eigenvalue weighted by Gasteiger charge is 2.19. The maximum Gasteiger partial charge on any atom is 0.123 e. The van der Waals surface area contributed by atoms with Crippen molar-refractivity contribution in [1.82, 2.24) is 4.31 Å². The van der Waals surface area contributed by atoms with E-state index in [4.69, 9.17) is 0 Å². The maximum atomic E-state index is 12.8. The highest BCUT2D eigenvalue weighted by molar-refractivity contribution is 7.96. The highest BCUT2D eigenvalue weighted by atomic mass is 32.2. The smallest absolute Gasteiger partial charge is 0.123 e. The number of hydrogen-bond donors (Lipinski definition) is 0. The molecular weight excluding hydrogens is 233 g/mol. The van der Waals surface area contributed by atoms with Crippen molar-refractivity contribution in [2.45, 2.75) is 26.2 Å². The predicted molar refractivity (Wildman–Crippen MR) is 72.5 cm³/mol. The van der Waals surface area contributed by atoms with Crippen LogP contribution in [-0.4, -0.2) is 23.1 Å². The molecule has 1 aromatic carbocycles. The molecule has 1 nitrogen and oxygen atoms in total. The minimum absolute atomic E-state index is 0.136. The number of hydrogen-bond acceptors (Lipinski definition) is 2. The summed E-state index contributed by atoms with van der Waals surface area (Å²) in [6.45, 7) is 4.60. The Balaban J connectivity index is 1.79. The van der Waals surface area contributed by atoms with Gasteiger partial charge >= 0.3 is 0 Å². The van der Waals surface area contributed by atoms with Crippen LogP contribution in [0.2, 0.25) is 0 Å². The van der Waals surface area contributed by atoms with E-state index in [1.165, 1.54) is 37.2 Å². The SMILES string of the molecule is CCSN1CCC(Cc2ccc(F)cc2)CC1. The van der Waals surface area contributed by atoms with Gasteiger partial charge in [-0.2, -0.15) is 0 Å². The van der Waals surface area contributed by atoms with Crippen LogP contribution < -0.4 is 0 Å². The van der Waals surface area contributed by atoms with Crippen LogP contribution in [0.5, 0.6) is 0 Å². The van der Waals surface area contributed by atoms with E-state index in [1.807, 2.05) is 24.1 Å². The van der Waals surface area contributed by atoms with Crippen LogP contribution in [-0.2, 0) is 6.42 Å². The zero-order valence-corrected chi connectivity index (χ0v) is 11.2. The monoisotopic (exact) mass is 253 g/mol. The molecule has 1 fully saturated rings. The van der Waals surface area contributed by atoms with Crippen molar-refractivity contribution in [3.63, 3.8) is 0 Å². The summed E-state index contributed by atoms with van der Waals surface area (Å²) in [6.07, 6.45) is 3.64. The lowest BCUT2D eigenvalue weighted by Crippen LogP contribution is -2.29. The van der Waals surface area contributed by atoms with Crippen LogP contribution in [0.25, 0.3) is 0 Å². The predicted octanol–water partition coefficient (Wildman–Crippen LogP) is 3.75. The van der Waals surface area contributed by atoms with E-state index in [1.54, 1.807) is 12.1 Å². The number of halogens is 1. The third kappa shape index (κ3) is 4.00. The summed E-state index contributed by atoms with van der Waals surface area (Å²) in [4.78, 5) is 0. The topological polar surface area (TPSA) is 3.24 Å². The fourth-order valence-electron chi connectivity index (χ4n) is 2.38. The van der Waals surface area contributed by atoms with Gasteiger partial charge < -0.3 is 0 Å². The Morgan fingerprint density at radius 1 is 1.24 bits per heavy atom. The van der Waals surface area contributed by atoms with Crippen LogP contribution in [0, 0.1) is 11.7 Å². The van der Waals surface area contributed by atoms with E-state index in [0.29, 0.717) is 0 Å². The fraction of sp³-hybridized carbons (Fsp3) is 0.571. The molecule has 1 saturated heterocycles. The standard InChI is InChI=1S/C14H20FNS/c1-2-17-16-9-7-13(8-10-16)11-12-3-5-14(15)6-4-12/h3-6,13H,2,7-11H2,1H3. The molecule has 0 aliphatic carbocycles. The van der Waals surface area contributed by atoms with Crippen molar-refractivity contribution in [2.24, 2.45) is 5.92 Å². The molecule has 1 aromatic rings. The Morgan fingerprint density at radius 3 is 2.47 bits per heavy atom. The fourth-order valence-corrected chi connectivity index (χ4v) is 3.21. The maximum absolute atomic E-state index is 12.8. The third-order valence-electron chi connectivity index (χ3n) is 3.32. The van der Waals surface area contributed by atoms with Crippen molar-refractivity contribution >= 4 is 11.9 Å². The lowest BCUT2D eigenvalue weighted by Gasteiger charge is -2.30. The van der Waals surface area contributed by atoms with Crippen LogP contribution >= 0.6 is 11.9 Å². The molecule has 17 heavy (non-hydrogen) atoms. The third-order valence-corrected chi connectivity index (χ3v) is 4.31. The summed E-state index contributed by atoms with van der Waals surface area (Å²) in [5.74, 6) is 1.81. The van der Waals surface area contributed by atoms with E-state index in [2.05, 4.69) is 11.2 Å². The van der Waals surface area contributed by atoms with Gasteiger partial charge in [0.25, 0.3) is 0 Å². The van der Waals surface area contributed by atoms with Crippen molar-refractivity contribution in [1.29, 1.82) is 0 Å². The first-order chi connectivity index (χ1) is 8.28. The van der Waals surface area contributed by atoms with E-state index < -0.39 is 0 Å². The molecule has 1 aliphatic rings. The van der Waals surface area contributed by atoms with Crippen molar-refractivity contribution in [2.75, 3.05) is 18.8 Å². The molecule has 0 aromatic heterocycles.